The van der Waals surface area contributed by atoms with E-state index >= 15 is 0 Å². The first kappa shape index (κ1) is 15.5. The minimum absolute atomic E-state index is 1.09. The summed E-state index contributed by atoms with van der Waals surface area (Å²) in [5.74, 6) is 0. The van der Waals surface area contributed by atoms with Gasteiger partial charge in [-0.25, -0.2) is 0 Å². The Hall–Kier alpha value is -0.500. The van der Waals surface area contributed by atoms with Crippen molar-refractivity contribution in [3.63, 3.8) is 0 Å². The third-order valence-corrected chi connectivity index (χ3v) is 2.71. The molecule has 16 heavy (non-hydrogen) atoms. The van der Waals surface area contributed by atoms with Gasteiger partial charge in [-0.1, -0.05) is 45.6 Å². The number of hydrogen-bond donors (Lipinski definition) is 2. The summed E-state index contributed by atoms with van der Waals surface area (Å²) in [7, 11) is 0. The summed E-state index contributed by atoms with van der Waals surface area (Å²) < 4.78 is 0. The van der Waals surface area contributed by atoms with Crippen LogP contribution in [0.4, 0.5) is 0 Å². The molecule has 2 heteroatoms. The van der Waals surface area contributed by atoms with Crippen LogP contribution >= 0.6 is 0 Å². The average Bonchev–Trinajstić information content (AvgIpc) is 2.25. The lowest BCUT2D eigenvalue weighted by Crippen LogP contribution is -2.13. The second-order valence-electron chi connectivity index (χ2n) is 4.54. The Morgan fingerprint density at radius 2 is 1.38 bits per heavy atom. The predicted octanol–water partition coefficient (Wildman–Crippen LogP) is 3.45. The van der Waals surface area contributed by atoms with E-state index in [9.17, 15) is 0 Å². The Morgan fingerprint density at radius 3 is 1.88 bits per heavy atom. The van der Waals surface area contributed by atoms with Crippen LogP contribution in [0.15, 0.2) is 12.3 Å². The minimum Gasteiger partial charge on any atom is -0.389 e. The van der Waals surface area contributed by atoms with Gasteiger partial charge in [-0.2, -0.15) is 0 Å². The van der Waals surface area contributed by atoms with E-state index in [1.807, 2.05) is 6.92 Å². The van der Waals surface area contributed by atoms with E-state index in [2.05, 4.69) is 24.1 Å². The van der Waals surface area contributed by atoms with Gasteiger partial charge in [-0.3, -0.25) is 0 Å². The molecule has 0 aliphatic carbocycles. The molecule has 0 radical (unpaired) electrons. The summed E-state index contributed by atoms with van der Waals surface area (Å²) in [5.41, 5.74) is 1.09. The molecule has 2 nitrogen and oxygen atoms in total. The molecule has 96 valence electrons. The first-order chi connectivity index (χ1) is 7.77. The SMILES string of the molecule is C=C(C)NCCCCCCCCCNCC. The molecule has 0 spiro atoms. The number of nitrogens with one attached hydrogen (secondary N) is 2. The molecule has 0 unspecified atom stereocenters. The van der Waals surface area contributed by atoms with Gasteiger partial charge in [0.25, 0.3) is 0 Å². The summed E-state index contributed by atoms with van der Waals surface area (Å²) in [6, 6.07) is 0. The van der Waals surface area contributed by atoms with Crippen LogP contribution in [0.3, 0.4) is 0 Å². The summed E-state index contributed by atoms with van der Waals surface area (Å²) in [6.45, 7) is 11.4. The lowest BCUT2D eigenvalue weighted by molar-refractivity contribution is 0.557. The number of hydrogen-bond acceptors (Lipinski definition) is 2. The van der Waals surface area contributed by atoms with Crippen molar-refractivity contribution in [2.45, 2.75) is 58.8 Å². The largest absolute Gasteiger partial charge is 0.389 e. The van der Waals surface area contributed by atoms with E-state index in [4.69, 9.17) is 0 Å². The molecule has 0 aromatic heterocycles. The van der Waals surface area contributed by atoms with Gasteiger partial charge in [0.2, 0.25) is 0 Å². The monoisotopic (exact) mass is 226 g/mol. The topological polar surface area (TPSA) is 24.1 Å². The van der Waals surface area contributed by atoms with Crippen molar-refractivity contribution in [2.24, 2.45) is 0 Å². The van der Waals surface area contributed by atoms with Crippen molar-refractivity contribution in [1.82, 2.24) is 10.6 Å². The molecule has 0 aliphatic rings. The first-order valence-corrected chi connectivity index (χ1v) is 6.87. The average molecular weight is 226 g/mol. The van der Waals surface area contributed by atoms with Crippen LogP contribution in [0.25, 0.3) is 0 Å². The molecule has 0 aromatic carbocycles. The highest BCUT2D eigenvalue weighted by atomic mass is 14.9. The molecule has 0 heterocycles. The molecule has 0 fully saturated rings. The number of allylic oxidation sites excluding steroid dienone is 1. The lowest BCUT2D eigenvalue weighted by atomic mass is 10.1. The summed E-state index contributed by atoms with van der Waals surface area (Å²) >= 11 is 0. The molecule has 0 rings (SSSR count). The third-order valence-electron chi connectivity index (χ3n) is 2.71. The standard InChI is InChI=1S/C14H30N2/c1-4-15-12-10-8-6-5-7-9-11-13-16-14(2)3/h15-16H,2,4-13H2,1,3H3. The fourth-order valence-electron chi connectivity index (χ4n) is 1.74. The highest BCUT2D eigenvalue weighted by molar-refractivity contribution is 4.83. The zero-order valence-corrected chi connectivity index (χ0v) is 11.3. The van der Waals surface area contributed by atoms with Gasteiger partial charge in [0, 0.05) is 12.2 Å². The van der Waals surface area contributed by atoms with Gasteiger partial charge in [-0.05, 0) is 32.9 Å². The molecular formula is C14H30N2. The van der Waals surface area contributed by atoms with Gasteiger partial charge in [0.15, 0.2) is 0 Å². The fourth-order valence-corrected chi connectivity index (χ4v) is 1.74. The second-order valence-corrected chi connectivity index (χ2v) is 4.54. The number of rotatable bonds is 12. The molecule has 0 atom stereocenters. The molecular weight excluding hydrogens is 196 g/mol. The van der Waals surface area contributed by atoms with E-state index in [0.717, 1.165) is 18.8 Å². The smallest absolute Gasteiger partial charge is 0.0143 e. The Kier molecular flexibility index (Phi) is 12.2. The van der Waals surface area contributed by atoms with Crippen LogP contribution in [0.2, 0.25) is 0 Å². The Bertz CT molecular complexity index is 155. The normalized spacial score (nSPS) is 10.4. The van der Waals surface area contributed by atoms with E-state index < -0.39 is 0 Å². The van der Waals surface area contributed by atoms with E-state index in [1.54, 1.807) is 0 Å². The van der Waals surface area contributed by atoms with Crippen molar-refractivity contribution >= 4 is 0 Å². The summed E-state index contributed by atoms with van der Waals surface area (Å²) in [4.78, 5) is 0. The second kappa shape index (κ2) is 12.6. The molecule has 0 aliphatic heterocycles. The fraction of sp³-hybridized carbons (Fsp3) is 0.857. The quantitative estimate of drug-likeness (QED) is 0.498. The van der Waals surface area contributed by atoms with Crippen molar-refractivity contribution in [2.75, 3.05) is 19.6 Å². The highest BCUT2D eigenvalue weighted by Crippen LogP contribution is 2.06. The van der Waals surface area contributed by atoms with Crippen LogP contribution in [0.5, 0.6) is 0 Å². The van der Waals surface area contributed by atoms with Crippen molar-refractivity contribution in [1.29, 1.82) is 0 Å². The summed E-state index contributed by atoms with van der Waals surface area (Å²) in [5, 5.41) is 6.63. The predicted molar refractivity (Wildman–Crippen MR) is 73.7 cm³/mol. The van der Waals surface area contributed by atoms with E-state index in [0.29, 0.717) is 0 Å². The Balaban J connectivity index is 2.90. The first-order valence-electron chi connectivity index (χ1n) is 6.87. The van der Waals surface area contributed by atoms with Crippen LogP contribution in [-0.4, -0.2) is 19.6 Å². The van der Waals surface area contributed by atoms with Gasteiger partial charge >= 0.3 is 0 Å². The number of unbranched alkanes of at least 4 members (excludes halogenated alkanes) is 6. The molecule has 0 bridgehead atoms. The van der Waals surface area contributed by atoms with E-state index in [1.165, 1.54) is 51.5 Å². The van der Waals surface area contributed by atoms with Crippen molar-refractivity contribution in [3.8, 4) is 0 Å². The highest BCUT2D eigenvalue weighted by Gasteiger charge is 1.92. The van der Waals surface area contributed by atoms with E-state index in [-0.39, 0.29) is 0 Å². The molecule has 2 N–H and O–H groups in total. The van der Waals surface area contributed by atoms with Gasteiger partial charge in [0.05, 0.1) is 0 Å². The van der Waals surface area contributed by atoms with Gasteiger partial charge in [0.1, 0.15) is 0 Å². The summed E-state index contributed by atoms with van der Waals surface area (Å²) in [6.07, 6.45) is 9.55. The molecule has 0 saturated carbocycles. The zero-order chi connectivity index (χ0) is 12.1. The van der Waals surface area contributed by atoms with Crippen LogP contribution < -0.4 is 10.6 Å². The minimum atomic E-state index is 1.09. The Morgan fingerprint density at radius 1 is 0.875 bits per heavy atom. The maximum atomic E-state index is 3.82. The maximum absolute atomic E-state index is 3.82. The van der Waals surface area contributed by atoms with Gasteiger partial charge in [-0.15, -0.1) is 0 Å². The Labute approximate surface area is 102 Å². The van der Waals surface area contributed by atoms with Crippen LogP contribution in [-0.2, 0) is 0 Å². The molecule has 0 saturated heterocycles. The maximum Gasteiger partial charge on any atom is 0.0143 e. The third kappa shape index (κ3) is 13.5. The van der Waals surface area contributed by atoms with Gasteiger partial charge < -0.3 is 10.6 Å². The van der Waals surface area contributed by atoms with Crippen molar-refractivity contribution < 1.29 is 0 Å². The van der Waals surface area contributed by atoms with Crippen molar-refractivity contribution in [3.05, 3.63) is 12.3 Å². The lowest BCUT2D eigenvalue weighted by Gasteiger charge is -2.05. The zero-order valence-electron chi connectivity index (χ0n) is 11.3. The van der Waals surface area contributed by atoms with Crippen LogP contribution in [0.1, 0.15) is 58.8 Å². The molecule has 0 amide bonds. The van der Waals surface area contributed by atoms with Crippen LogP contribution in [0, 0.1) is 0 Å². The molecule has 0 aromatic rings.